The fourth-order valence-electron chi connectivity index (χ4n) is 2.06. The standard InChI is InChI=1S/C15H21NO4/c1-19-13-4-6-14(7-5-13)20-9-8-16(11-15(17)18)10-12-2-3-12/h4-7,12H,2-3,8-11H2,1H3,(H,17,18). The lowest BCUT2D eigenvalue weighted by Crippen LogP contribution is -2.35. The lowest BCUT2D eigenvalue weighted by molar-refractivity contribution is -0.138. The van der Waals surface area contributed by atoms with Crippen molar-refractivity contribution in [2.75, 3.05) is 33.4 Å². The Balaban J connectivity index is 1.74. The van der Waals surface area contributed by atoms with Crippen LogP contribution in [0, 0.1) is 5.92 Å². The first kappa shape index (κ1) is 14.7. The molecule has 0 unspecified atom stereocenters. The number of rotatable bonds is 9. The maximum Gasteiger partial charge on any atom is 0.317 e. The Morgan fingerprint density at radius 3 is 2.50 bits per heavy atom. The minimum atomic E-state index is -0.782. The monoisotopic (exact) mass is 279 g/mol. The molecule has 1 aromatic carbocycles. The summed E-state index contributed by atoms with van der Waals surface area (Å²) in [4.78, 5) is 12.8. The lowest BCUT2D eigenvalue weighted by Gasteiger charge is -2.20. The molecule has 0 aromatic heterocycles. The molecule has 0 heterocycles. The summed E-state index contributed by atoms with van der Waals surface area (Å²) < 4.78 is 10.7. The van der Waals surface area contributed by atoms with Gasteiger partial charge in [-0.2, -0.15) is 0 Å². The molecule has 0 saturated heterocycles. The summed E-state index contributed by atoms with van der Waals surface area (Å²) in [6.45, 7) is 2.07. The van der Waals surface area contributed by atoms with E-state index in [0.717, 1.165) is 18.0 Å². The molecule has 110 valence electrons. The summed E-state index contributed by atoms with van der Waals surface area (Å²) in [6, 6.07) is 7.38. The first-order valence-corrected chi connectivity index (χ1v) is 6.88. The Morgan fingerprint density at radius 2 is 1.95 bits per heavy atom. The minimum absolute atomic E-state index is 0.0858. The minimum Gasteiger partial charge on any atom is -0.497 e. The van der Waals surface area contributed by atoms with Gasteiger partial charge in [0, 0.05) is 13.1 Å². The predicted octanol–water partition coefficient (Wildman–Crippen LogP) is 1.87. The number of benzene rings is 1. The highest BCUT2D eigenvalue weighted by Gasteiger charge is 2.25. The molecule has 0 atom stereocenters. The number of hydrogen-bond donors (Lipinski definition) is 1. The highest BCUT2D eigenvalue weighted by molar-refractivity contribution is 5.69. The smallest absolute Gasteiger partial charge is 0.317 e. The van der Waals surface area contributed by atoms with Gasteiger partial charge >= 0.3 is 5.97 Å². The molecule has 1 aromatic rings. The van der Waals surface area contributed by atoms with Crippen molar-refractivity contribution in [3.63, 3.8) is 0 Å². The zero-order valence-corrected chi connectivity index (χ0v) is 11.7. The number of carbonyl (C=O) groups is 1. The van der Waals surface area contributed by atoms with Gasteiger partial charge in [-0.05, 0) is 43.0 Å². The first-order chi connectivity index (χ1) is 9.67. The summed E-state index contributed by atoms with van der Waals surface area (Å²) in [5.74, 6) is 1.46. The summed E-state index contributed by atoms with van der Waals surface area (Å²) in [7, 11) is 1.62. The number of methoxy groups -OCH3 is 1. The molecule has 20 heavy (non-hydrogen) atoms. The second-order valence-electron chi connectivity index (χ2n) is 5.10. The number of carboxylic acids is 1. The van der Waals surface area contributed by atoms with E-state index in [1.165, 1.54) is 12.8 Å². The summed E-state index contributed by atoms with van der Waals surface area (Å²) in [5.41, 5.74) is 0. The van der Waals surface area contributed by atoms with Gasteiger partial charge in [0.2, 0.25) is 0 Å². The van der Waals surface area contributed by atoms with Crippen LogP contribution in [-0.2, 0) is 4.79 Å². The van der Waals surface area contributed by atoms with Crippen molar-refractivity contribution in [2.24, 2.45) is 5.92 Å². The maximum atomic E-state index is 10.8. The fraction of sp³-hybridized carbons (Fsp3) is 0.533. The SMILES string of the molecule is COc1ccc(OCCN(CC(=O)O)CC2CC2)cc1. The van der Waals surface area contributed by atoms with E-state index in [-0.39, 0.29) is 6.54 Å². The van der Waals surface area contributed by atoms with Gasteiger partial charge in [0.1, 0.15) is 18.1 Å². The topological polar surface area (TPSA) is 59.0 Å². The van der Waals surface area contributed by atoms with Gasteiger partial charge < -0.3 is 14.6 Å². The van der Waals surface area contributed by atoms with Crippen LogP contribution in [0.25, 0.3) is 0 Å². The third-order valence-electron chi connectivity index (χ3n) is 3.31. The third-order valence-corrected chi connectivity index (χ3v) is 3.31. The zero-order chi connectivity index (χ0) is 14.4. The van der Waals surface area contributed by atoms with Crippen LogP contribution < -0.4 is 9.47 Å². The van der Waals surface area contributed by atoms with Crippen molar-refractivity contribution in [1.29, 1.82) is 0 Å². The Morgan fingerprint density at radius 1 is 1.30 bits per heavy atom. The quantitative estimate of drug-likeness (QED) is 0.748. The Bertz CT molecular complexity index is 428. The number of hydrogen-bond acceptors (Lipinski definition) is 4. The van der Waals surface area contributed by atoms with E-state index < -0.39 is 5.97 Å². The molecule has 1 aliphatic carbocycles. The van der Waals surface area contributed by atoms with Gasteiger partial charge in [-0.25, -0.2) is 0 Å². The van der Waals surface area contributed by atoms with Crippen molar-refractivity contribution in [1.82, 2.24) is 4.90 Å². The number of ether oxygens (including phenoxy) is 2. The van der Waals surface area contributed by atoms with Crippen molar-refractivity contribution in [3.8, 4) is 11.5 Å². The van der Waals surface area contributed by atoms with Crippen LogP contribution in [0.4, 0.5) is 0 Å². The van der Waals surface area contributed by atoms with E-state index >= 15 is 0 Å². The van der Waals surface area contributed by atoms with Crippen LogP contribution in [-0.4, -0.2) is 49.3 Å². The van der Waals surface area contributed by atoms with Gasteiger partial charge in [0.25, 0.3) is 0 Å². The molecule has 1 N–H and O–H groups in total. The van der Waals surface area contributed by atoms with Crippen molar-refractivity contribution >= 4 is 5.97 Å². The van der Waals surface area contributed by atoms with E-state index in [4.69, 9.17) is 14.6 Å². The average molecular weight is 279 g/mol. The lowest BCUT2D eigenvalue weighted by atomic mass is 10.3. The molecular formula is C15H21NO4. The van der Waals surface area contributed by atoms with Crippen LogP contribution in [0.3, 0.4) is 0 Å². The van der Waals surface area contributed by atoms with Crippen LogP contribution in [0.5, 0.6) is 11.5 Å². The van der Waals surface area contributed by atoms with E-state index in [2.05, 4.69) is 0 Å². The zero-order valence-electron chi connectivity index (χ0n) is 11.7. The molecule has 0 aliphatic heterocycles. The molecule has 5 heteroatoms. The van der Waals surface area contributed by atoms with Gasteiger partial charge in [0.05, 0.1) is 13.7 Å². The van der Waals surface area contributed by atoms with E-state index in [9.17, 15) is 4.79 Å². The second-order valence-corrected chi connectivity index (χ2v) is 5.10. The normalized spacial score (nSPS) is 14.3. The number of nitrogens with zero attached hydrogens (tertiary/aromatic N) is 1. The third kappa shape index (κ3) is 5.09. The van der Waals surface area contributed by atoms with Crippen LogP contribution >= 0.6 is 0 Å². The molecule has 2 rings (SSSR count). The van der Waals surface area contributed by atoms with E-state index in [1.54, 1.807) is 7.11 Å². The number of aliphatic carboxylic acids is 1. The van der Waals surface area contributed by atoms with Gasteiger partial charge in [0.15, 0.2) is 0 Å². The molecular weight excluding hydrogens is 258 g/mol. The Kier molecular flexibility index (Phi) is 5.24. The molecule has 1 saturated carbocycles. The molecule has 0 bridgehead atoms. The summed E-state index contributed by atoms with van der Waals surface area (Å²) in [6.07, 6.45) is 2.44. The van der Waals surface area contributed by atoms with Gasteiger partial charge in [-0.1, -0.05) is 0 Å². The average Bonchev–Trinajstić information content (AvgIpc) is 3.22. The highest BCUT2D eigenvalue weighted by atomic mass is 16.5. The molecule has 1 fully saturated rings. The van der Waals surface area contributed by atoms with E-state index in [0.29, 0.717) is 19.1 Å². The highest BCUT2D eigenvalue weighted by Crippen LogP contribution is 2.29. The molecule has 0 spiro atoms. The first-order valence-electron chi connectivity index (χ1n) is 6.88. The second kappa shape index (κ2) is 7.14. The molecule has 0 amide bonds. The maximum absolute atomic E-state index is 10.8. The Hall–Kier alpha value is -1.75. The van der Waals surface area contributed by atoms with Crippen LogP contribution in [0.15, 0.2) is 24.3 Å². The molecule has 1 aliphatic rings. The number of carboxylic acid groups (broad SMARTS) is 1. The predicted molar refractivity (Wildman–Crippen MR) is 75.3 cm³/mol. The van der Waals surface area contributed by atoms with Crippen LogP contribution in [0.2, 0.25) is 0 Å². The Labute approximate surface area is 119 Å². The summed E-state index contributed by atoms with van der Waals surface area (Å²) in [5, 5.41) is 8.89. The van der Waals surface area contributed by atoms with Crippen molar-refractivity contribution < 1.29 is 19.4 Å². The molecule has 5 nitrogen and oxygen atoms in total. The fourth-order valence-corrected chi connectivity index (χ4v) is 2.06. The molecule has 0 radical (unpaired) electrons. The van der Waals surface area contributed by atoms with Crippen molar-refractivity contribution in [3.05, 3.63) is 24.3 Å². The van der Waals surface area contributed by atoms with Crippen molar-refractivity contribution in [2.45, 2.75) is 12.8 Å². The largest absolute Gasteiger partial charge is 0.497 e. The summed E-state index contributed by atoms with van der Waals surface area (Å²) >= 11 is 0. The van der Waals surface area contributed by atoms with Gasteiger partial charge in [-0.15, -0.1) is 0 Å². The van der Waals surface area contributed by atoms with Crippen LogP contribution in [0.1, 0.15) is 12.8 Å². The van der Waals surface area contributed by atoms with Gasteiger partial charge in [-0.3, -0.25) is 9.69 Å². The van der Waals surface area contributed by atoms with E-state index in [1.807, 2.05) is 29.2 Å².